The SMILES string of the molecule is COCC(O)CN1CCCOC(C)C1. The van der Waals surface area contributed by atoms with Crippen molar-refractivity contribution < 1.29 is 14.6 Å². The van der Waals surface area contributed by atoms with Gasteiger partial charge in [0.15, 0.2) is 0 Å². The van der Waals surface area contributed by atoms with Gasteiger partial charge in [0.1, 0.15) is 0 Å². The van der Waals surface area contributed by atoms with Gasteiger partial charge in [-0.05, 0) is 13.3 Å². The second-order valence-electron chi connectivity index (χ2n) is 3.90. The first kappa shape index (κ1) is 11.9. The first-order chi connectivity index (χ1) is 6.72. The Morgan fingerprint density at radius 2 is 2.43 bits per heavy atom. The molecule has 0 spiro atoms. The van der Waals surface area contributed by atoms with Crippen LogP contribution < -0.4 is 0 Å². The van der Waals surface area contributed by atoms with E-state index in [1.807, 2.05) is 0 Å². The highest BCUT2D eigenvalue weighted by Gasteiger charge is 2.17. The fourth-order valence-corrected chi connectivity index (χ4v) is 1.79. The fourth-order valence-electron chi connectivity index (χ4n) is 1.79. The topological polar surface area (TPSA) is 41.9 Å². The first-order valence-electron chi connectivity index (χ1n) is 5.23. The predicted molar refractivity (Wildman–Crippen MR) is 54.4 cm³/mol. The van der Waals surface area contributed by atoms with Crippen LogP contribution in [0.15, 0.2) is 0 Å². The average molecular weight is 203 g/mol. The smallest absolute Gasteiger partial charge is 0.0900 e. The molecule has 0 aromatic carbocycles. The van der Waals surface area contributed by atoms with Crippen LogP contribution in [0.25, 0.3) is 0 Å². The molecule has 1 N–H and O–H groups in total. The van der Waals surface area contributed by atoms with Gasteiger partial charge in [-0.3, -0.25) is 4.90 Å². The number of nitrogens with zero attached hydrogens (tertiary/aromatic N) is 1. The Labute approximate surface area is 85.8 Å². The van der Waals surface area contributed by atoms with Crippen molar-refractivity contribution in [2.24, 2.45) is 0 Å². The van der Waals surface area contributed by atoms with Gasteiger partial charge in [-0.15, -0.1) is 0 Å². The summed E-state index contributed by atoms with van der Waals surface area (Å²) in [4.78, 5) is 2.24. The van der Waals surface area contributed by atoms with Crippen molar-refractivity contribution in [2.75, 3.05) is 40.0 Å². The molecule has 4 heteroatoms. The van der Waals surface area contributed by atoms with Crippen LogP contribution in [0.5, 0.6) is 0 Å². The molecule has 1 fully saturated rings. The Bertz CT molecular complexity index is 154. The molecule has 0 aliphatic carbocycles. The maximum Gasteiger partial charge on any atom is 0.0900 e. The number of β-amino-alcohol motifs (C(OH)–C–C–N with tert-alkyl or cyclic N) is 1. The van der Waals surface area contributed by atoms with Crippen LogP contribution in [0.4, 0.5) is 0 Å². The van der Waals surface area contributed by atoms with Crippen molar-refractivity contribution in [3.63, 3.8) is 0 Å². The Morgan fingerprint density at radius 3 is 3.14 bits per heavy atom. The molecule has 0 amide bonds. The summed E-state index contributed by atoms with van der Waals surface area (Å²) in [6, 6.07) is 0. The summed E-state index contributed by atoms with van der Waals surface area (Å²) < 4.78 is 10.4. The van der Waals surface area contributed by atoms with Gasteiger partial charge in [0, 0.05) is 33.4 Å². The van der Waals surface area contributed by atoms with E-state index in [9.17, 15) is 5.11 Å². The van der Waals surface area contributed by atoms with Crippen LogP contribution in [-0.4, -0.2) is 62.2 Å². The van der Waals surface area contributed by atoms with Crippen LogP contribution >= 0.6 is 0 Å². The van der Waals surface area contributed by atoms with Gasteiger partial charge in [0.05, 0.1) is 18.8 Å². The highest BCUT2D eigenvalue weighted by molar-refractivity contribution is 4.70. The summed E-state index contributed by atoms with van der Waals surface area (Å²) >= 11 is 0. The molecule has 0 saturated carbocycles. The Morgan fingerprint density at radius 1 is 1.64 bits per heavy atom. The van der Waals surface area contributed by atoms with Gasteiger partial charge in [-0.1, -0.05) is 0 Å². The molecule has 1 aliphatic heterocycles. The molecule has 0 radical (unpaired) electrons. The van der Waals surface area contributed by atoms with E-state index in [2.05, 4.69) is 11.8 Å². The molecule has 1 saturated heterocycles. The monoisotopic (exact) mass is 203 g/mol. The molecule has 84 valence electrons. The van der Waals surface area contributed by atoms with Crippen LogP contribution in [0.1, 0.15) is 13.3 Å². The van der Waals surface area contributed by atoms with Gasteiger partial charge in [0.2, 0.25) is 0 Å². The number of hydrogen-bond acceptors (Lipinski definition) is 4. The summed E-state index contributed by atoms with van der Waals surface area (Å²) in [6.45, 7) is 5.90. The molecule has 14 heavy (non-hydrogen) atoms. The van der Waals surface area contributed by atoms with E-state index in [0.717, 1.165) is 26.1 Å². The zero-order valence-corrected chi connectivity index (χ0v) is 9.11. The Hall–Kier alpha value is -0.160. The van der Waals surface area contributed by atoms with Crippen molar-refractivity contribution in [2.45, 2.75) is 25.6 Å². The second-order valence-corrected chi connectivity index (χ2v) is 3.90. The van der Waals surface area contributed by atoms with Gasteiger partial charge < -0.3 is 14.6 Å². The molecular formula is C10H21NO3. The number of aliphatic hydroxyl groups excluding tert-OH is 1. The molecule has 1 rings (SSSR count). The minimum Gasteiger partial charge on any atom is -0.389 e. The number of ether oxygens (including phenoxy) is 2. The van der Waals surface area contributed by atoms with Gasteiger partial charge in [-0.25, -0.2) is 0 Å². The lowest BCUT2D eigenvalue weighted by molar-refractivity contribution is 0.0267. The van der Waals surface area contributed by atoms with Crippen molar-refractivity contribution in [3.8, 4) is 0 Å². The molecular weight excluding hydrogens is 182 g/mol. The lowest BCUT2D eigenvalue weighted by Crippen LogP contribution is -2.38. The zero-order chi connectivity index (χ0) is 10.4. The molecule has 0 aromatic heterocycles. The van der Waals surface area contributed by atoms with Gasteiger partial charge >= 0.3 is 0 Å². The van der Waals surface area contributed by atoms with Gasteiger partial charge in [0.25, 0.3) is 0 Å². The second kappa shape index (κ2) is 6.35. The highest BCUT2D eigenvalue weighted by Crippen LogP contribution is 2.05. The van der Waals surface area contributed by atoms with Crippen molar-refractivity contribution in [1.29, 1.82) is 0 Å². The summed E-state index contributed by atoms with van der Waals surface area (Å²) in [5.41, 5.74) is 0. The lowest BCUT2D eigenvalue weighted by Gasteiger charge is -2.24. The van der Waals surface area contributed by atoms with E-state index >= 15 is 0 Å². The van der Waals surface area contributed by atoms with Crippen LogP contribution in [0, 0.1) is 0 Å². The Balaban J connectivity index is 2.27. The molecule has 2 atom stereocenters. The van der Waals surface area contributed by atoms with E-state index in [1.165, 1.54) is 0 Å². The van der Waals surface area contributed by atoms with Crippen molar-refractivity contribution >= 4 is 0 Å². The largest absolute Gasteiger partial charge is 0.389 e. The molecule has 0 bridgehead atoms. The maximum atomic E-state index is 9.57. The molecule has 2 unspecified atom stereocenters. The minimum absolute atomic E-state index is 0.271. The molecule has 0 aromatic rings. The third-order valence-electron chi connectivity index (χ3n) is 2.36. The number of hydrogen-bond donors (Lipinski definition) is 1. The molecule has 4 nitrogen and oxygen atoms in total. The van der Waals surface area contributed by atoms with Crippen LogP contribution in [0.2, 0.25) is 0 Å². The number of rotatable bonds is 4. The zero-order valence-electron chi connectivity index (χ0n) is 9.11. The minimum atomic E-state index is -0.384. The highest BCUT2D eigenvalue weighted by atomic mass is 16.5. The quantitative estimate of drug-likeness (QED) is 0.704. The predicted octanol–water partition coefficient (Wildman–Crippen LogP) is 0.105. The van der Waals surface area contributed by atoms with Crippen LogP contribution in [-0.2, 0) is 9.47 Å². The number of aliphatic hydroxyl groups is 1. The normalized spacial score (nSPS) is 27.2. The molecule has 1 heterocycles. The average Bonchev–Trinajstić information content (AvgIpc) is 2.30. The fraction of sp³-hybridized carbons (Fsp3) is 1.00. The lowest BCUT2D eigenvalue weighted by atomic mass is 10.3. The summed E-state index contributed by atoms with van der Waals surface area (Å²) in [7, 11) is 1.61. The third kappa shape index (κ3) is 4.37. The van der Waals surface area contributed by atoms with E-state index < -0.39 is 0 Å². The van der Waals surface area contributed by atoms with Crippen molar-refractivity contribution in [3.05, 3.63) is 0 Å². The summed E-state index contributed by atoms with van der Waals surface area (Å²) in [6.07, 6.45) is 0.932. The first-order valence-corrected chi connectivity index (χ1v) is 5.23. The van der Waals surface area contributed by atoms with Crippen molar-refractivity contribution in [1.82, 2.24) is 4.90 Å². The van der Waals surface area contributed by atoms with E-state index in [1.54, 1.807) is 7.11 Å². The Kier molecular flexibility index (Phi) is 5.40. The third-order valence-corrected chi connectivity index (χ3v) is 2.36. The van der Waals surface area contributed by atoms with Crippen LogP contribution in [0.3, 0.4) is 0 Å². The summed E-state index contributed by atoms with van der Waals surface area (Å²) in [5, 5.41) is 9.57. The maximum absolute atomic E-state index is 9.57. The standard InChI is InChI=1S/C10H21NO3/c1-9-6-11(4-3-5-14-9)7-10(12)8-13-2/h9-10,12H,3-8H2,1-2H3. The van der Waals surface area contributed by atoms with Gasteiger partial charge in [-0.2, -0.15) is 0 Å². The summed E-state index contributed by atoms with van der Waals surface area (Å²) in [5.74, 6) is 0. The van der Waals surface area contributed by atoms with E-state index in [0.29, 0.717) is 13.2 Å². The van der Waals surface area contributed by atoms with E-state index in [-0.39, 0.29) is 12.2 Å². The van der Waals surface area contributed by atoms with E-state index in [4.69, 9.17) is 9.47 Å². The number of methoxy groups -OCH3 is 1. The molecule has 1 aliphatic rings.